The quantitative estimate of drug-likeness (QED) is 0.522. The highest BCUT2D eigenvalue weighted by molar-refractivity contribution is 7.21. The first kappa shape index (κ1) is 18.2. The van der Waals surface area contributed by atoms with Gasteiger partial charge in [-0.2, -0.15) is 5.10 Å². The largest absolute Gasteiger partial charge is 0.507 e. The molecule has 0 spiro atoms. The lowest BCUT2D eigenvalue weighted by atomic mass is 10.2. The lowest BCUT2D eigenvalue weighted by Gasteiger charge is -2.04. The molecule has 0 aliphatic rings. The van der Waals surface area contributed by atoms with Gasteiger partial charge in [0, 0.05) is 16.2 Å². The topological polar surface area (TPSA) is 91.9 Å². The molecule has 0 unspecified atom stereocenters. The number of hydrogen-bond donors (Lipinski definition) is 2. The number of aryl methyl sites for hydroxylation is 2. The van der Waals surface area contributed by atoms with Crippen LogP contribution in [0, 0.1) is 13.8 Å². The van der Waals surface area contributed by atoms with Gasteiger partial charge in [0.1, 0.15) is 22.0 Å². The number of carbonyl (C=O) groups is 1. The van der Waals surface area contributed by atoms with Crippen molar-refractivity contribution in [2.75, 3.05) is 0 Å². The summed E-state index contributed by atoms with van der Waals surface area (Å²) in [6.07, 6.45) is 0. The number of rotatable bonds is 3. The maximum Gasteiger partial charge on any atom is 0.348 e. The number of aromatic hydroxyl groups is 1. The number of hydrogen-bond acceptors (Lipinski definition) is 6. The van der Waals surface area contributed by atoms with Crippen LogP contribution in [0.4, 0.5) is 0 Å². The molecule has 0 radical (unpaired) electrons. The van der Waals surface area contributed by atoms with E-state index in [0.717, 1.165) is 15.6 Å². The monoisotopic (exact) mass is 390 g/mol. The highest BCUT2D eigenvalue weighted by atomic mass is 35.5. The molecule has 0 saturated heterocycles. The van der Waals surface area contributed by atoms with E-state index in [1.54, 1.807) is 6.92 Å². The van der Waals surface area contributed by atoms with Gasteiger partial charge in [-0.1, -0.05) is 23.7 Å². The number of thiophene rings is 1. The zero-order valence-electron chi connectivity index (χ0n) is 14.2. The molecule has 3 aromatic rings. The number of amides is 1. The molecule has 6 nitrogen and oxygen atoms in total. The Hall–Kier alpha value is -2.64. The Kier molecular flexibility index (Phi) is 4.84. The Morgan fingerprint density at radius 1 is 1.31 bits per heavy atom. The minimum atomic E-state index is -0.728. The first-order chi connectivity index (χ1) is 12.3. The number of carbonyl (C=O) groups excluding carboxylic acids is 1. The molecule has 0 aliphatic carbocycles. The van der Waals surface area contributed by atoms with Crippen LogP contribution in [-0.2, 0) is 0 Å². The Morgan fingerprint density at radius 2 is 2.04 bits per heavy atom. The van der Waals surface area contributed by atoms with Gasteiger partial charge in [-0.15, -0.1) is 11.3 Å². The second-order valence-corrected chi connectivity index (χ2v) is 7.22. The Bertz CT molecular complexity index is 1110. The van der Waals surface area contributed by atoms with Gasteiger partial charge in [0.25, 0.3) is 5.91 Å². The molecule has 2 heterocycles. The predicted molar refractivity (Wildman–Crippen MR) is 103 cm³/mol. The third-order valence-electron chi connectivity index (χ3n) is 3.73. The molecule has 1 amide bonds. The molecule has 134 valence electrons. The van der Waals surface area contributed by atoms with Crippen molar-refractivity contribution in [3.8, 4) is 5.75 Å². The predicted octanol–water partition coefficient (Wildman–Crippen LogP) is 3.98. The van der Waals surface area contributed by atoms with E-state index >= 15 is 0 Å². The van der Waals surface area contributed by atoms with Crippen LogP contribution in [0.2, 0.25) is 5.02 Å². The summed E-state index contributed by atoms with van der Waals surface area (Å²) in [5.74, 6) is -0.478. The maximum absolute atomic E-state index is 12.4. The summed E-state index contributed by atoms with van der Waals surface area (Å²) in [5, 5.41) is 15.0. The summed E-state index contributed by atoms with van der Waals surface area (Å²) in [5.41, 5.74) is 2.73. The summed E-state index contributed by atoms with van der Waals surface area (Å²) in [6, 6.07) is 7.05. The zero-order chi connectivity index (χ0) is 19.0. The molecule has 0 fully saturated rings. The van der Waals surface area contributed by atoms with E-state index < -0.39 is 11.5 Å². The highest BCUT2D eigenvalue weighted by Crippen LogP contribution is 2.35. The van der Waals surface area contributed by atoms with Gasteiger partial charge in [0.2, 0.25) is 0 Å². The second kappa shape index (κ2) is 6.93. The van der Waals surface area contributed by atoms with Crippen molar-refractivity contribution in [1.29, 1.82) is 0 Å². The summed E-state index contributed by atoms with van der Waals surface area (Å²) in [7, 11) is 0. The summed E-state index contributed by atoms with van der Waals surface area (Å²) < 4.78 is 5.84. The van der Waals surface area contributed by atoms with Crippen LogP contribution < -0.4 is 11.1 Å². The number of nitrogens with one attached hydrogen (secondary N) is 1. The third-order valence-corrected chi connectivity index (χ3v) is 5.39. The van der Waals surface area contributed by atoms with E-state index in [0.29, 0.717) is 9.90 Å². The molecule has 26 heavy (non-hydrogen) atoms. The summed E-state index contributed by atoms with van der Waals surface area (Å²) in [4.78, 5) is 24.6. The van der Waals surface area contributed by atoms with E-state index in [9.17, 15) is 14.7 Å². The van der Waals surface area contributed by atoms with Gasteiger partial charge in [-0.05, 0) is 32.4 Å². The van der Waals surface area contributed by atoms with E-state index in [-0.39, 0.29) is 22.8 Å². The van der Waals surface area contributed by atoms with E-state index in [1.807, 2.05) is 25.1 Å². The van der Waals surface area contributed by atoms with E-state index in [2.05, 4.69) is 10.5 Å². The van der Waals surface area contributed by atoms with Crippen LogP contribution >= 0.6 is 22.9 Å². The van der Waals surface area contributed by atoms with Gasteiger partial charge < -0.3 is 9.52 Å². The average molecular weight is 391 g/mol. The molecule has 0 atom stereocenters. The Balaban J connectivity index is 1.90. The van der Waals surface area contributed by atoms with E-state index in [4.69, 9.17) is 16.0 Å². The fraction of sp³-hybridized carbons (Fsp3) is 0.167. The lowest BCUT2D eigenvalue weighted by Crippen LogP contribution is -2.21. The molecule has 3 rings (SSSR count). The van der Waals surface area contributed by atoms with Crippen LogP contribution in [-0.4, -0.2) is 16.7 Å². The molecule has 8 heteroatoms. The molecule has 0 saturated carbocycles. The van der Waals surface area contributed by atoms with Crippen LogP contribution in [0.3, 0.4) is 0 Å². The fourth-order valence-electron chi connectivity index (χ4n) is 2.49. The van der Waals surface area contributed by atoms with Crippen molar-refractivity contribution in [2.24, 2.45) is 5.10 Å². The zero-order valence-corrected chi connectivity index (χ0v) is 15.8. The maximum atomic E-state index is 12.4. The third kappa shape index (κ3) is 3.36. The summed E-state index contributed by atoms with van der Waals surface area (Å²) in [6.45, 7) is 4.99. The number of nitrogens with zero attached hydrogens (tertiary/aromatic N) is 1. The SMILES string of the molecule is C/C(=N\NC(=O)c1sc2cc(C)ccc2c1Cl)c1c(O)cc(C)oc1=O. The first-order valence-corrected chi connectivity index (χ1v) is 8.84. The second-order valence-electron chi connectivity index (χ2n) is 5.79. The summed E-state index contributed by atoms with van der Waals surface area (Å²) >= 11 is 7.56. The van der Waals surface area contributed by atoms with Crippen molar-refractivity contribution < 1.29 is 14.3 Å². The number of halogens is 1. The molecule has 0 bridgehead atoms. The first-order valence-electron chi connectivity index (χ1n) is 7.65. The standard InChI is InChI=1S/C18H15ClN2O4S/c1-8-4-5-11-13(6-8)26-16(15(11)19)17(23)21-20-10(3)14-12(22)7-9(2)25-18(14)24/h4-7,22H,1-3H3,(H,21,23)/b20-10+. The van der Waals surface area contributed by atoms with Gasteiger partial charge in [-0.3, -0.25) is 4.79 Å². The van der Waals surface area contributed by atoms with Gasteiger partial charge in [0.15, 0.2) is 0 Å². The highest BCUT2D eigenvalue weighted by Gasteiger charge is 2.18. The molecule has 2 aromatic heterocycles. The van der Waals surface area contributed by atoms with Crippen LogP contribution in [0.5, 0.6) is 5.75 Å². The molecule has 0 aliphatic heterocycles. The lowest BCUT2D eigenvalue weighted by molar-refractivity contribution is 0.0959. The molecule has 2 N–H and O–H groups in total. The Labute approximate surface area is 157 Å². The van der Waals surface area contributed by atoms with Crippen molar-refractivity contribution in [3.63, 3.8) is 0 Å². The number of fused-ring (bicyclic) bond motifs is 1. The van der Waals surface area contributed by atoms with Crippen molar-refractivity contribution in [3.05, 3.63) is 61.5 Å². The Morgan fingerprint density at radius 3 is 2.73 bits per heavy atom. The van der Waals surface area contributed by atoms with Crippen molar-refractivity contribution in [1.82, 2.24) is 5.43 Å². The average Bonchev–Trinajstić information content (AvgIpc) is 2.87. The molecule has 1 aromatic carbocycles. The number of benzene rings is 1. The van der Waals surface area contributed by atoms with Gasteiger partial charge in [-0.25, -0.2) is 10.2 Å². The van der Waals surface area contributed by atoms with Crippen molar-refractivity contribution >= 4 is 44.6 Å². The molecular formula is C18H15ClN2O4S. The molecular weight excluding hydrogens is 376 g/mol. The number of hydrazone groups is 1. The van der Waals surface area contributed by atoms with Crippen LogP contribution in [0.15, 0.2) is 38.6 Å². The van der Waals surface area contributed by atoms with Gasteiger partial charge in [0.05, 0.1) is 10.7 Å². The van der Waals surface area contributed by atoms with Crippen LogP contribution in [0.1, 0.15) is 33.5 Å². The fourth-order valence-corrected chi connectivity index (χ4v) is 3.99. The van der Waals surface area contributed by atoms with Crippen LogP contribution in [0.25, 0.3) is 10.1 Å². The minimum absolute atomic E-state index is 0.103. The van der Waals surface area contributed by atoms with E-state index in [1.165, 1.54) is 24.3 Å². The van der Waals surface area contributed by atoms with Crippen molar-refractivity contribution in [2.45, 2.75) is 20.8 Å². The minimum Gasteiger partial charge on any atom is -0.507 e. The smallest absolute Gasteiger partial charge is 0.348 e. The van der Waals surface area contributed by atoms with Gasteiger partial charge >= 0.3 is 5.63 Å². The normalized spacial score (nSPS) is 11.8.